The summed E-state index contributed by atoms with van der Waals surface area (Å²) in [5.74, 6) is 0.474. The van der Waals surface area contributed by atoms with Crippen molar-refractivity contribution in [1.29, 1.82) is 0 Å². The van der Waals surface area contributed by atoms with E-state index in [0.29, 0.717) is 17.9 Å². The Kier molecular flexibility index (Phi) is 5.58. The summed E-state index contributed by atoms with van der Waals surface area (Å²) in [7, 11) is 1.62. The van der Waals surface area contributed by atoms with E-state index in [4.69, 9.17) is 4.74 Å². The lowest BCUT2D eigenvalue weighted by atomic mass is 10.1. The summed E-state index contributed by atoms with van der Waals surface area (Å²) in [5.41, 5.74) is 6.72. The van der Waals surface area contributed by atoms with E-state index in [1.165, 1.54) is 11.1 Å². The third-order valence-corrected chi connectivity index (χ3v) is 5.39. The summed E-state index contributed by atoms with van der Waals surface area (Å²) >= 11 is 0. The van der Waals surface area contributed by atoms with Crippen molar-refractivity contribution >= 4 is 11.6 Å². The van der Waals surface area contributed by atoms with Crippen LogP contribution in [-0.4, -0.2) is 33.0 Å². The number of nitrogens with zero attached hydrogens (tertiary/aromatic N) is 3. The fourth-order valence-corrected chi connectivity index (χ4v) is 3.53. The van der Waals surface area contributed by atoms with Crippen LogP contribution in [-0.2, 0) is 6.54 Å². The monoisotopic (exact) mass is 415 g/mol. The number of anilines is 1. The second-order valence-electron chi connectivity index (χ2n) is 7.48. The minimum atomic E-state index is -0.261. The Hall–Kier alpha value is -3.87. The van der Waals surface area contributed by atoms with Gasteiger partial charge in [0.15, 0.2) is 0 Å². The zero-order chi connectivity index (χ0) is 22.0. The van der Waals surface area contributed by atoms with Crippen LogP contribution in [0.3, 0.4) is 0 Å². The number of aryl methyl sites for hydroxylation is 2. The second-order valence-corrected chi connectivity index (χ2v) is 7.48. The van der Waals surface area contributed by atoms with Crippen molar-refractivity contribution in [2.75, 3.05) is 12.4 Å². The molecule has 4 aromatic rings. The summed E-state index contributed by atoms with van der Waals surface area (Å²) in [6.07, 6.45) is 0. The summed E-state index contributed by atoms with van der Waals surface area (Å²) in [6.45, 7) is 6.59. The van der Waals surface area contributed by atoms with Crippen LogP contribution < -0.4 is 10.1 Å². The minimum absolute atomic E-state index is 0.261. The van der Waals surface area contributed by atoms with E-state index in [-0.39, 0.29) is 5.91 Å². The normalized spacial score (nSPS) is 10.8. The number of H-pyrrole nitrogens is 1. The predicted molar refractivity (Wildman–Crippen MR) is 121 cm³/mol. The van der Waals surface area contributed by atoms with Gasteiger partial charge in [0.05, 0.1) is 36.4 Å². The number of rotatable bonds is 6. The van der Waals surface area contributed by atoms with E-state index in [1.807, 2.05) is 54.9 Å². The minimum Gasteiger partial charge on any atom is -0.497 e. The number of aromatic nitrogens is 4. The van der Waals surface area contributed by atoms with Crippen LogP contribution in [0.15, 0.2) is 54.6 Å². The molecule has 0 fully saturated rings. The highest BCUT2D eigenvalue weighted by molar-refractivity contribution is 6.04. The summed E-state index contributed by atoms with van der Waals surface area (Å²) in [4.78, 5) is 12.9. The van der Waals surface area contributed by atoms with Gasteiger partial charge in [-0.15, -0.1) is 0 Å². The summed E-state index contributed by atoms with van der Waals surface area (Å²) < 4.78 is 7.18. The molecular weight excluding hydrogens is 390 g/mol. The zero-order valence-electron chi connectivity index (χ0n) is 18.1. The lowest BCUT2D eigenvalue weighted by molar-refractivity contribution is 0.102. The van der Waals surface area contributed by atoms with Gasteiger partial charge in [-0.1, -0.05) is 36.4 Å². The number of carbonyl (C=O) groups is 1. The van der Waals surface area contributed by atoms with Gasteiger partial charge in [0.2, 0.25) is 0 Å². The van der Waals surface area contributed by atoms with Crippen LogP contribution in [0.4, 0.5) is 5.69 Å². The van der Waals surface area contributed by atoms with Gasteiger partial charge in [-0.25, -0.2) is 0 Å². The van der Waals surface area contributed by atoms with E-state index in [9.17, 15) is 4.79 Å². The first-order chi connectivity index (χ1) is 15.0. The lowest BCUT2D eigenvalue weighted by Gasteiger charge is -2.08. The number of nitrogens with one attached hydrogen (secondary N) is 2. The van der Waals surface area contributed by atoms with Crippen molar-refractivity contribution < 1.29 is 9.53 Å². The van der Waals surface area contributed by atoms with E-state index < -0.39 is 0 Å². The molecule has 0 radical (unpaired) electrons. The number of benzene rings is 2. The molecule has 7 nitrogen and oxygen atoms in total. The third kappa shape index (κ3) is 4.21. The lowest BCUT2D eigenvalue weighted by Crippen LogP contribution is -2.14. The molecule has 0 saturated heterocycles. The molecule has 2 aromatic heterocycles. The maximum atomic E-state index is 12.9. The van der Waals surface area contributed by atoms with E-state index in [0.717, 1.165) is 28.4 Å². The highest BCUT2D eigenvalue weighted by Gasteiger charge is 2.18. The van der Waals surface area contributed by atoms with Gasteiger partial charge in [-0.3, -0.25) is 14.6 Å². The van der Waals surface area contributed by atoms with Crippen molar-refractivity contribution in [2.45, 2.75) is 27.3 Å². The molecule has 2 heterocycles. The van der Waals surface area contributed by atoms with Gasteiger partial charge in [0.1, 0.15) is 11.4 Å². The van der Waals surface area contributed by atoms with Crippen LogP contribution in [0.1, 0.15) is 33.0 Å². The SMILES string of the molecule is COc1cccc(-c2cc(C(=O)Nc3c(C)nn(Cc4ccccc4C)c3C)[nH]n2)c1. The first-order valence-corrected chi connectivity index (χ1v) is 10.1. The number of methoxy groups -OCH3 is 1. The average Bonchev–Trinajstić information content (AvgIpc) is 3.37. The maximum absolute atomic E-state index is 12.9. The fourth-order valence-electron chi connectivity index (χ4n) is 3.53. The Morgan fingerprint density at radius 3 is 2.68 bits per heavy atom. The van der Waals surface area contributed by atoms with Gasteiger partial charge in [-0.2, -0.15) is 10.2 Å². The van der Waals surface area contributed by atoms with E-state index >= 15 is 0 Å². The first-order valence-electron chi connectivity index (χ1n) is 10.1. The maximum Gasteiger partial charge on any atom is 0.273 e. The van der Waals surface area contributed by atoms with Crippen LogP contribution in [0.2, 0.25) is 0 Å². The Balaban J connectivity index is 1.53. The van der Waals surface area contributed by atoms with Gasteiger partial charge in [-0.05, 0) is 50.1 Å². The predicted octanol–water partition coefficient (Wildman–Crippen LogP) is 4.51. The molecule has 0 saturated carbocycles. The topological polar surface area (TPSA) is 84.8 Å². The van der Waals surface area contributed by atoms with Crippen molar-refractivity contribution in [1.82, 2.24) is 20.0 Å². The van der Waals surface area contributed by atoms with Crippen LogP contribution in [0.25, 0.3) is 11.3 Å². The zero-order valence-corrected chi connectivity index (χ0v) is 18.1. The summed E-state index contributed by atoms with van der Waals surface area (Å²) in [6, 6.07) is 17.5. The standard InChI is InChI=1S/C24H25N5O2/c1-15-8-5-6-9-19(15)14-29-17(3)23(16(2)28-29)25-24(30)22-13-21(26-27-22)18-10-7-11-20(12-18)31-4/h5-13H,14H2,1-4H3,(H,25,30)(H,26,27). The Bertz CT molecular complexity index is 1240. The number of hydrogen-bond donors (Lipinski definition) is 2. The Morgan fingerprint density at radius 2 is 1.90 bits per heavy atom. The molecule has 7 heteroatoms. The summed E-state index contributed by atoms with van der Waals surface area (Å²) in [5, 5.41) is 14.7. The highest BCUT2D eigenvalue weighted by Crippen LogP contribution is 2.24. The molecule has 31 heavy (non-hydrogen) atoms. The first kappa shape index (κ1) is 20.4. The number of aromatic amines is 1. The molecular formula is C24H25N5O2. The smallest absolute Gasteiger partial charge is 0.273 e. The molecule has 0 bridgehead atoms. The van der Waals surface area contributed by atoms with Crippen LogP contribution in [0.5, 0.6) is 5.75 Å². The molecule has 2 aromatic carbocycles. The molecule has 0 atom stereocenters. The quantitative estimate of drug-likeness (QED) is 0.485. The van der Waals surface area contributed by atoms with Crippen molar-refractivity contribution in [2.24, 2.45) is 0 Å². The van der Waals surface area contributed by atoms with Crippen LogP contribution in [0, 0.1) is 20.8 Å². The van der Waals surface area contributed by atoms with Gasteiger partial charge in [0.25, 0.3) is 5.91 Å². The second kappa shape index (κ2) is 8.47. The third-order valence-electron chi connectivity index (χ3n) is 5.39. The number of hydrogen-bond acceptors (Lipinski definition) is 4. The Morgan fingerprint density at radius 1 is 1.10 bits per heavy atom. The number of amides is 1. The van der Waals surface area contributed by atoms with Gasteiger partial charge >= 0.3 is 0 Å². The largest absolute Gasteiger partial charge is 0.497 e. The number of carbonyl (C=O) groups excluding carboxylic acids is 1. The van der Waals surface area contributed by atoms with E-state index in [2.05, 4.69) is 39.7 Å². The number of ether oxygens (including phenoxy) is 1. The van der Waals surface area contributed by atoms with Crippen LogP contribution >= 0.6 is 0 Å². The fraction of sp³-hybridized carbons (Fsp3) is 0.208. The van der Waals surface area contributed by atoms with Gasteiger partial charge < -0.3 is 10.1 Å². The average molecular weight is 415 g/mol. The molecule has 158 valence electrons. The molecule has 0 aliphatic heterocycles. The van der Waals surface area contributed by atoms with Crippen molar-refractivity contribution in [3.05, 3.63) is 82.8 Å². The molecule has 0 aliphatic rings. The van der Waals surface area contributed by atoms with Crippen molar-refractivity contribution in [3.8, 4) is 17.0 Å². The molecule has 0 spiro atoms. The Labute approximate surface area is 181 Å². The molecule has 0 unspecified atom stereocenters. The highest BCUT2D eigenvalue weighted by atomic mass is 16.5. The van der Waals surface area contributed by atoms with Gasteiger partial charge in [0, 0.05) is 5.56 Å². The van der Waals surface area contributed by atoms with E-state index in [1.54, 1.807) is 13.2 Å². The molecule has 2 N–H and O–H groups in total. The molecule has 1 amide bonds. The van der Waals surface area contributed by atoms with Crippen molar-refractivity contribution in [3.63, 3.8) is 0 Å². The molecule has 0 aliphatic carbocycles. The molecule has 4 rings (SSSR count).